The average Bonchev–Trinajstić information content (AvgIpc) is 2.35. The van der Waals surface area contributed by atoms with Crippen LogP contribution in [0, 0.1) is 5.92 Å². The van der Waals surface area contributed by atoms with Crippen molar-refractivity contribution in [3.63, 3.8) is 0 Å². The molecule has 0 spiro atoms. The standard InChI is InChI=1S/C7H11BrN2O/c1-6(5-11)3-10-4-7(8)2-9-10/h2,4,6,11H,3,5H2,1H3. The largest absolute Gasteiger partial charge is 0.396 e. The summed E-state index contributed by atoms with van der Waals surface area (Å²) in [5.74, 6) is 0.266. The number of nitrogens with zero attached hydrogens (tertiary/aromatic N) is 2. The van der Waals surface area contributed by atoms with Crippen LogP contribution in [0.25, 0.3) is 0 Å². The Balaban J connectivity index is 2.50. The molecule has 1 heterocycles. The van der Waals surface area contributed by atoms with Crippen molar-refractivity contribution in [1.29, 1.82) is 0 Å². The summed E-state index contributed by atoms with van der Waals surface area (Å²) in [4.78, 5) is 0. The maximum absolute atomic E-state index is 8.75. The minimum atomic E-state index is 0.206. The van der Waals surface area contributed by atoms with Gasteiger partial charge in [0.25, 0.3) is 0 Å². The molecule has 1 N–H and O–H groups in total. The minimum absolute atomic E-state index is 0.206. The predicted octanol–water partition coefficient (Wildman–Crippen LogP) is 1.27. The van der Waals surface area contributed by atoms with Gasteiger partial charge >= 0.3 is 0 Å². The van der Waals surface area contributed by atoms with Crippen LogP contribution in [-0.2, 0) is 6.54 Å². The third-order valence-electron chi connectivity index (χ3n) is 1.41. The van der Waals surface area contributed by atoms with Gasteiger partial charge in [-0.15, -0.1) is 0 Å². The van der Waals surface area contributed by atoms with E-state index in [0.717, 1.165) is 11.0 Å². The van der Waals surface area contributed by atoms with Crippen LogP contribution in [0.3, 0.4) is 0 Å². The highest BCUT2D eigenvalue weighted by Crippen LogP contribution is 2.07. The number of rotatable bonds is 3. The first-order chi connectivity index (χ1) is 5.22. The molecule has 0 aliphatic heterocycles. The van der Waals surface area contributed by atoms with Gasteiger partial charge in [0.1, 0.15) is 0 Å². The molecule has 1 unspecified atom stereocenters. The van der Waals surface area contributed by atoms with Gasteiger partial charge in [0.15, 0.2) is 0 Å². The fourth-order valence-electron chi connectivity index (χ4n) is 0.815. The second kappa shape index (κ2) is 3.88. The van der Waals surface area contributed by atoms with E-state index in [-0.39, 0.29) is 12.5 Å². The molecule has 11 heavy (non-hydrogen) atoms. The predicted molar refractivity (Wildman–Crippen MR) is 46.2 cm³/mol. The molecule has 0 radical (unpaired) electrons. The fourth-order valence-corrected chi connectivity index (χ4v) is 1.14. The van der Waals surface area contributed by atoms with Gasteiger partial charge in [-0.1, -0.05) is 6.92 Å². The number of aliphatic hydroxyl groups excluding tert-OH is 1. The molecule has 0 aliphatic carbocycles. The van der Waals surface area contributed by atoms with Crippen molar-refractivity contribution in [2.75, 3.05) is 6.61 Å². The van der Waals surface area contributed by atoms with Gasteiger partial charge in [-0.25, -0.2) is 0 Å². The van der Waals surface area contributed by atoms with Crippen LogP contribution in [0.15, 0.2) is 16.9 Å². The Labute approximate surface area is 74.2 Å². The Morgan fingerprint density at radius 1 is 1.82 bits per heavy atom. The van der Waals surface area contributed by atoms with E-state index in [1.165, 1.54) is 0 Å². The zero-order valence-electron chi connectivity index (χ0n) is 6.37. The van der Waals surface area contributed by atoms with Crippen LogP contribution < -0.4 is 0 Å². The van der Waals surface area contributed by atoms with E-state index in [9.17, 15) is 0 Å². The molecule has 0 bridgehead atoms. The van der Waals surface area contributed by atoms with Crippen LogP contribution in [-0.4, -0.2) is 21.5 Å². The SMILES string of the molecule is CC(CO)Cn1cc(Br)cn1. The van der Waals surface area contributed by atoms with Crippen molar-refractivity contribution < 1.29 is 5.11 Å². The summed E-state index contributed by atoms with van der Waals surface area (Å²) in [5, 5.41) is 12.8. The first kappa shape index (κ1) is 8.74. The molecule has 0 saturated heterocycles. The molecular formula is C7H11BrN2O. The van der Waals surface area contributed by atoms with E-state index >= 15 is 0 Å². The topological polar surface area (TPSA) is 38.0 Å². The second-order valence-electron chi connectivity index (χ2n) is 2.67. The zero-order valence-corrected chi connectivity index (χ0v) is 7.95. The minimum Gasteiger partial charge on any atom is -0.396 e. The molecule has 1 aromatic rings. The Kier molecular flexibility index (Phi) is 3.08. The highest BCUT2D eigenvalue weighted by atomic mass is 79.9. The molecule has 0 amide bonds. The van der Waals surface area contributed by atoms with Gasteiger partial charge in [-0.2, -0.15) is 5.10 Å². The Bertz CT molecular complexity index is 224. The molecular weight excluding hydrogens is 208 g/mol. The smallest absolute Gasteiger partial charge is 0.0632 e. The van der Waals surface area contributed by atoms with Gasteiger partial charge in [-0.3, -0.25) is 4.68 Å². The van der Waals surface area contributed by atoms with E-state index in [0.29, 0.717) is 0 Å². The summed E-state index contributed by atoms with van der Waals surface area (Å²) in [6.45, 7) is 2.95. The second-order valence-corrected chi connectivity index (χ2v) is 3.58. The van der Waals surface area contributed by atoms with Gasteiger partial charge in [0, 0.05) is 19.3 Å². The van der Waals surface area contributed by atoms with Crippen molar-refractivity contribution >= 4 is 15.9 Å². The highest BCUT2D eigenvalue weighted by molar-refractivity contribution is 9.10. The van der Waals surface area contributed by atoms with Gasteiger partial charge in [-0.05, 0) is 21.8 Å². The molecule has 62 valence electrons. The van der Waals surface area contributed by atoms with Crippen LogP contribution in [0.1, 0.15) is 6.92 Å². The zero-order chi connectivity index (χ0) is 8.27. The summed E-state index contributed by atoms with van der Waals surface area (Å²) in [6, 6.07) is 0. The van der Waals surface area contributed by atoms with Crippen LogP contribution >= 0.6 is 15.9 Å². The quantitative estimate of drug-likeness (QED) is 0.831. The van der Waals surface area contributed by atoms with E-state index in [1.54, 1.807) is 6.20 Å². The summed E-state index contributed by atoms with van der Waals surface area (Å²) in [6.07, 6.45) is 3.64. The lowest BCUT2D eigenvalue weighted by atomic mass is 10.2. The third kappa shape index (κ3) is 2.63. The van der Waals surface area contributed by atoms with Crippen LogP contribution in [0.5, 0.6) is 0 Å². The first-order valence-electron chi connectivity index (χ1n) is 3.51. The lowest BCUT2D eigenvalue weighted by molar-refractivity contribution is 0.219. The van der Waals surface area contributed by atoms with E-state index < -0.39 is 0 Å². The van der Waals surface area contributed by atoms with E-state index in [2.05, 4.69) is 21.0 Å². The maximum atomic E-state index is 8.75. The van der Waals surface area contributed by atoms with Crippen molar-refractivity contribution in [2.45, 2.75) is 13.5 Å². The molecule has 0 aromatic carbocycles. The number of hydrogen-bond acceptors (Lipinski definition) is 2. The number of aliphatic hydroxyl groups is 1. The lowest BCUT2D eigenvalue weighted by Gasteiger charge is -2.06. The summed E-state index contributed by atoms with van der Waals surface area (Å²) < 4.78 is 2.79. The van der Waals surface area contributed by atoms with Gasteiger partial charge in [0.2, 0.25) is 0 Å². The molecule has 4 heteroatoms. The summed E-state index contributed by atoms with van der Waals surface area (Å²) in [7, 11) is 0. The van der Waals surface area contributed by atoms with Crippen molar-refractivity contribution in [2.24, 2.45) is 5.92 Å². The lowest BCUT2D eigenvalue weighted by Crippen LogP contribution is -2.11. The fraction of sp³-hybridized carbons (Fsp3) is 0.571. The van der Waals surface area contributed by atoms with E-state index in [1.807, 2.05) is 17.8 Å². The first-order valence-corrected chi connectivity index (χ1v) is 4.30. The number of aromatic nitrogens is 2. The molecule has 1 atom stereocenters. The molecule has 1 aromatic heterocycles. The highest BCUT2D eigenvalue weighted by Gasteiger charge is 2.01. The molecule has 0 fully saturated rings. The average molecular weight is 219 g/mol. The van der Waals surface area contributed by atoms with Crippen molar-refractivity contribution in [3.05, 3.63) is 16.9 Å². The number of hydrogen-bond donors (Lipinski definition) is 1. The molecule has 1 rings (SSSR count). The maximum Gasteiger partial charge on any atom is 0.0632 e. The summed E-state index contributed by atoms with van der Waals surface area (Å²) >= 11 is 3.30. The normalized spacial score (nSPS) is 13.4. The monoisotopic (exact) mass is 218 g/mol. The van der Waals surface area contributed by atoms with Crippen molar-refractivity contribution in [3.8, 4) is 0 Å². The Morgan fingerprint density at radius 3 is 3.00 bits per heavy atom. The molecule has 0 aliphatic rings. The Morgan fingerprint density at radius 2 is 2.55 bits per heavy atom. The Hall–Kier alpha value is -0.350. The van der Waals surface area contributed by atoms with Crippen molar-refractivity contribution in [1.82, 2.24) is 9.78 Å². The molecule has 3 nitrogen and oxygen atoms in total. The molecule has 0 saturated carbocycles. The van der Waals surface area contributed by atoms with Gasteiger partial charge < -0.3 is 5.11 Å². The van der Waals surface area contributed by atoms with Crippen LogP contribution in [0.2, 0.25) is 0 Å². The van der Waals surface area contributed by atoms with E-state index in [4.69, 9.17) is 5.11 Å². The number of halogens is 1. The summed E-state index contributed by atoms with van der Waals surface area (Å²) in [5.41, 5.74) is 0. The van der Waals surface area contributed by atoms with Gasteiger partial charge in [0.05, 0.1) is 10.7 Å². The van der Waals surface area contributed by atoms with Crippen LogP contribution in [0.4, 0.5) is 0 Å². The third-order valence-corrected chi connectivity index (χ3v) is 1.82.